The van der Waals surface area contributed by atoms with Gasteiger partial charge in [0, 0.05) is 5.92 Å². The van der Waals surface area contributed by atoms with Gasteiger partial charge in [-0.1, -0.05) is 25.5 Å². The van der Waals surface area contributed by atoms with Gasteiger partial charge < -0.3 is 0 Å². The van der Waals surface area contributed by atoms with Gasteiger partial charge in [0.15, 0.2) is 0 Å². The van der Waals surface area contributed by atoms with Gasteiger partial charge in [-0.2, -0.15) is 5.26 Å². The molecule has 1 aliphatic carbocycles. The molecule has 0 aromatic heterocycles. The molecule has 1 fully saturated rings. The van der Waals surface area contributed by atoms with Crippen LogP contribution in [-0.2, 0) is 0 Å². The van der Waals surface area contributed by atoms with Crippen molar-refractivity contribution < 1.29 is 0 Å². The lowest BCUT2D eigenvalue weighted by Crippen LogP contribution is -2.36. The van der Waals surface area contributed by atoms with E-state index in [0.29, 0.717) is 11.3 Å². The minimum Gasteiger partial charge on any atom is -0.198 e. The zero-order valence-electron chi connectivity index (χ0n) is 8.71. The fraction of sp³-hybridized carbons (Fsp3) is 0.750. The molecule has 0 spiro atoms. The number of allylic oxidation sites excluding steroid dienone is 2. The van der Waals surface area contributed by atoms with Gasteiger partial charge in [0.2, 0.25) is 0 Å². The number of rotatable bonds is 4. The summed E-state index contributed by atoms with van der Waals surface area (Å²) in [6.45, 7) is 4.30. The van der Waals surface area contributed by atoms with Gasteiger partial charge in [0.05, 0.1) is 6.07 Å². The summed E-state index contributed by atoms with van der Waals surface area (Å²) in [5.74, 6) is 0.344. The second-order valence-electron chi connectivity index (χ2n) is 4.26. The van der Waals surface area contributed by atoms with Crippen LogP contribution in [0.15, 0.2) is 12.2 Å². The van der Waals surface area contributed by atoms with Crippen molar-refractivity contribution in [3.8, 4) is 6.07 Å². The van der Waals surface area contributed by atoms with Gasteiger partial charge in [-0.3, -0.25) is 0 Å². The van der Waals surface area contributed by atoms with E-state index in [1.165, 1.54) is 19.3 Å². The number of nitrogens with zero attached hydrogens (tertiary/aromatic N) is 1. The second-order valence-corrected chi connectivity index (χ2v) is 4.26. The summed E-state index contributed by atoms with van der Waals surface area (Å²) in [5.41, 5.74) is 0.488. The molecular formula is C12H19N. The van der Waals surface area contributed by atoms with E-state index < -0.39 is 0 Å². The van der Waals surface area contributed by atoms with Crippen LogP contribution in [0.5, 0.6) is 0 Å². The van der Waals surface area contributed by atoms with Crippen LogP contribution in [0.25, 0.3) is 0 Å². The van der Waals surface area contributed by atoms with E-state index >= 15 is 0 Å². The Morgan fingerprint density at radius 1 is 1.54 bits per heavy atom. The zero-order valence-corrected chi connectivity index (χ0v) is 8.71. The second kappa shape index (κ2) is 4.46. The summed E-state index contributed by atoms with van der Waals surface area (Å²) in [7, 11) is 0. The fourth-order valence-corrected chi connectivity index (χ4v) is 2.45. The number of hydrogen-bond donors (Lipinski definition) is 0. The van der Waals surface area contributed by atoms with Gasteiger partial charge >= 0.3 is 0 Å². The molecule has 1 heteroatoms. The highest BCUT2D eigenvalue weighted by Crippen LogP contribution is 2.51. The average molecular weight is 177 g/mol. The van der Waals surface area contributed by atoms with Crippen LogP contribution in [0.1, 0.15) is 46.0 Å². The Morgan fingerprint density at radius 3 is 2.69 bits per heavy atom. The molecule has 1 nitrogen and oxygen atoms in total. The minimum absolute atomic E-state index is 0.344. The molecule has 1 rings (SSSR count). The predicted molar refractivity (Wildman–Crippen MR) is 55.1 cm³/mol. The first-order valence-corrected chi connectivity index (χ1v) is 5.27. The van der Waals surface area contributed by atoms with Gasteiger partial charge in [0.25, 0.3) is 0 Å². The van der Waals surface area contributed by atoms with Gasteiger partial charge in [-0.05, 0) is 38.0 Å². The molecule has 0 aromatic carbocycles. The highest BCUT2D eigenvalue weighted by atomic mass is 14.5. The molecule has 0 atom stereocenters. The Kier molecular flexibility index (Phi) is 3.54. The third-order valence-electron chi connectivity index (χ3n) is 3.11. The summed E-state index contributed by atoms with van der Waals surface area (Å²) < 4.78 is 0. The number of hydrogen-bond acceptors (Lipinski definition) is 1. The number of nitriles is 1. The molecule has 0 saturated heterocycles. The molecule has 0 aromatic rings. The molecule has 0 radical (unpaired) electrons. The lowest BCUT2D eigenvalue weighted by Gasteiger charge is -2.45. The summed E-state index contributed by atoms with van der Waals surface area (Å²) >= 11 is 0. The van der Waals surface area contributed by atoms with Crippen molar-refractivity contribution in [2.45, 2.75) is 46.0 Å². The van der Waals surface area contributed by atoms with E-state index in [-0.39, 0.29) is 0 Å². The van der Waals surface area contributed by atoms with Crippen molar-refractivity contribution in [1.82, 2.24) is 0 Å². The summed E-state index contributed by atoms with van der Waals surface area (Å²) in [5, 5.41) is 8.74. The highest BCUT2D eigenvalue weighted by molar-refractivity contribution is 5.05. The molecule has 0 bridgehead atoms. The van der Waals surface area contributed by atoms with Crippen molar-refractivity contribution in [2.75, 3.05) is 0 Å². The quantitative estimate of drug-likeness (QED) is 0.601. The summed E-state index contributed by atoms with van der Waals surface area (Å²) in [6, 6.07) is 2.37. The van der Waals surface area contributed by atoms with Crippen molar-refractivity contribution in [3.05, 3.63) is 12.2 Å². The molecule has 1 aliphatic rings. The molecular weight excluding hydrogens is 158 g/mol. The van der Waals surface area contributed by atoms with Gasteiger partial charge in [0.1, 0.15) is 0 Å². The van der Waals surface area contributed by atoms with Gasteiger partial charge in [-0.25, -0.2) is 0 Å². The molecule has 13 heavy (non-hydrogen) atoms. The van der Waals surface area contributed by atoms with Crippen LogP contribution in [0, 0.1) is 22.7 Å². The van der Waals surface area contributed by atoms with E-state index in [1.54, 1.807) is 0 Å². The van der Waals surface area contributed by atoms with Crippen LogP contribution >= 0.6 is 0 Å². The lowest BCUT2D eigenvalue weighted by atomic mass is 9.59. The topological polar surface area (TPSA) is 23.8 Å². The highest BCUT2D eigenvalue weighted by Gasteiger charge is 2.42. The SMILES string of the molecule is C/C=C/CC1(CCC)CC(C#N)C1. The van der Waals surface area contributed by atoms with Crippen LogP contribution in [0.2, 0.25) is 0 Å². The lowest BCUT2D eigenvalue weighted by molar-refractivity contribution is 0.0785. The maximum atomic E-state index is 8.74. The molecule has 0 aliphatic heterocycles. The fourth-order valence-electron chi connectivity index (χ4n) is 2.45. The third-order valence-corrected chi connectivity index (χ3v) is 3.11. The first-order chi connectivity index (χ1) is 6.26. The van der Waals surface area contributed by atoms with E-state index in [1.807, 2.05) is 0 Å². The van der Waals surface area contributed by atoms with E-state index in [0.717, 1.165) is 12.8 Å². The van der Waals surface area contributed by atoms with E-state index in [2.05, 4.69) is 32.1 Å². The Hall–Kier alpha value is -0.770. The molecule has 0 N–H and O–H groups in total. The van der Waals surface area contributed by atoms with E-state index in [4.69, 9.17) is 5.26 Å². The van der Waals surface area contributed by atoms with Gasteiger partial charge in [-0.15, -0.1) is 0 Å². The van der Waals surface area contributed by atoms with Crippen molar-refractivity contribution in [2.24, 2.45) is 11.3 Å². The molecule has 0 unspecified atom stereocenters. The minimum atomic E-state index is 0.344. The molecule has 1 saturated carbocycles. The van der Waals surface area contributed by atoms with Crippen molar-refractivity contribution >= 4 is 0 Å². The Bertz CT molecular complexity index is 216. The first kappa shape index (κ1) is 10.3. The standard InChI is InChI=1S/C12H19N/c1-3-5-7-12(6-4-2)8-11(9-12)10-13/h3,5,11H,4,6-9H2,1-2H3/b5-3+. The molecule has 0 heterocycles. The monoisotopic (exact) mass is 177 g/mol. The Morgan fingerprint density at radius 2 is 2.23 bits per heavy atom. The third kappa shape index (κ3) is 2.34. The summed E-state index contributed by atoms with van der Waals surface area (Å²) in [6.07, 6.45) is 10.3. The van der Waals surface area contributed by atoms with Crippen molar-refractivity contribution in [3.63, 3.8) is 0 Å². The molecule has 0 amide bonds. The normalized spacial score (nSPS) is 32.8. The van der Waals surface area contributed by atoms with Crippen LogP contribution in [-0.4, -0.2) is 0 Å². The zero-order chi connectivity index (χ0) is 9.73. The van der Waals surface area contributed by atoms with Crippen LogP contribution in [0.3, 0.4) is 0 Å². The van der Waals surface area contributed by atoms with Crippen LogP contribution in [0.4, 0.5) is 0 Å². The molecule has 72 valence electrons. The first-order valence-electron chi connectivity index (χ1n) is 5.27. The smallest absolute Gasteiger partial charge is 0.0656 e. The maximum Gasteiger partial charge on any atom is 0.0656 e. The van der Waals surface area contributed by atoms with Crippen molar-refractivity contribution in [1.29, 1.82) is 5.26 Å². The average Bonchev–Trinajstić information content (AvgIpc) is 2.08. The predicted octanol–water partition coefficient (Wildman–Crippen LogP) is 3.67. The van der Waals surface area contributed by atoms with Crippen LogP contribution < -0.4 is 0 Å². The maximum absolute atomic E-state index is 8.74. The largest absolute Gasteiger partial charge is 0.198 e. The van der Waals surface area contributed by atoms with E-state index in [9.17, 15) is 0 Å². The summed E-state index contributed by atoms with van der Waals surface area (Å²) in [4.78, 5) is 0. The Labute approximate surface area is 81.5 Å². The Balaban J connectivity index is 2.45.